The summed E-state index contributed by atoms with van der Waals surface area (Å²) in [4.78, 5) is 6.66. The van der Waals surface area contributed by atoms with Gasteiger partial charge in [0.1, 0.15) is 5.84 Å². The van der Waals surface area contributed by atoms with Crippen LogP contribution in [0.25, 0.3) is 0 Å². The van der Waals surface area contributed by atoms with Crippen molar-refractivity contribution in [2.75, 3.05) is 27.2 Å². The van der Waals surface area contributed by atoms with Gasteiger partial charge in [-0.1, -0.05) is 12.7 Å². The minimum Gasteiger partial charge on any atom is -0.392 e. The molecule has 0 saturated carbocycles. The van der Waals surface area contributed by atoms with Crippen molar-refractivity contribution in [1.29, 1.82) is 0 Å². The van der Waals surface area contributed by atoms with Crippen LogP contribution in [0.4, 0.5) is 0 Å². The van der Waals surface area contributed by atoms with Crippen molar-refractivity contribution in [3.63, 3.8) is 0 Å². The monoisotopic (exact) mass is 221 g/mol. The van der Waals surface area contributed by atoms with E-state index in [0.717, 1.165) is 31.8 Å². The average molecular weight is 221 g/mol. The van der Waals surface area contributed by atoms with E-state index in [-0.39, 0.29) is 0 Å². The van der Waals surface area contributed by atoms with Gasteiger partial charge in [-0.05, 0) is 25.8 Å². The Kier molecular flexibility index (Phi) is 5.09. The Hall–Kier alpha value is -1.25. The van der Waals surface area contributed by atoms with Crippen molar-refractivity contribution in [1.82, 2.24) is 10.2 Å². The van der Waals surface area contributed by atoms with Gasteiger partial charge in [0, 0.05) is 38.8 Å². The quantitative estimate of drug-likeness (QED) is 0.583. The largest absolute Gasteiger partial charge is 0.392 e. The molecule has 0 unspecified atom stereocenters. The van der Waals surface area contributed by atoms with Gasteiger partial charge in [0.25, 0.3) is 0 Å². The van der Waals surface area contributed by atoms with E-state index >= 15 is 0 Å². The third kappa shape index (κ3) is 3.12. The van der Waals surface area contributed by atoms with Crippen molar-refractivity contribution >= 4 is 5.84 Å². The molecular formula is C13H23N3. The van der Waals surface area contributed by atoms with Crippen molar-refractivity contribution in [3.05, 3.63) is 24.4 Å². The highest BCUT2D eigenvalue weighted by Crippen LogP contribution is 2.22. The zero-order valence-corrected chi connectivity index (χ0v) is 10.7. The Balaban J connectivity index is 2.51. The van der Waals surface area contributed by atoms with Crippen LogP contribution in [-0.2, 0) is 0 Å². The Morgan fingerprint density at radius 3 is 2.50 bits per heavy atom. The molecule has 0 spiro atoms. The number of likely N-dealkylation sites (tertiary alicyclic amines) is 1. The normalized spacial score (nSPS) is 19.2. The standard InChI is InChI=1S/C13H23N3/c1-5-6-13(15-4)16-9-7-12(8-10-16)11(2)14-3/h5-6,12,14H,2,7-10H2,1,3-4H3/b6-5-,15-13?. The number of rotatable bonds is 3. The fraction of sp³-hybridized carbons (Fsp3) is 0.615. The Bertz CT molecular complexity index is 284. The molecule has 0 aromatic rings. The molecule has 3 nitrogen and oxygen atoms in total. The van der Waals surface area contributed by atoms with Crippen LogP contribution < -0.4 is 5.32 Å². The number of hydrogen-bond donors (Lipinski definition) is 1. The zero-order valence-electron chi connectivity index (χ0n) is 10.7. The zero-order chi connectivity index (χ0) is 12.0. The van der Waals surface area contributed by atoms with Gasteiger partial charge in [-0.25, -0.2) is 0 Å². The van der Waals surface area contributed by atoms with E-state index in [1.807, 2.05) is 27.1 Å². The number of piperidine rings is 1. The maximum Gasteiger partial charge on any atom is 0.122 e. The smallest absolute Gasteiger partial charge is 0.122 e. The molecule has 0 amide bonds. The van der Waals surface area contributed by atoms with Crippen LogP contribution >= 0.6 is 0 Å². The molecular weight excluding hydrogens is 198 g/mol. The second-order valence-corrected chi connectivity index (χ2v) is 4.12. The Labute approximate surface area is 98.9 Å². The molecule has 1 aliphatic rings. The van der Waals surface area contributed by atoms with E-state index in [2.05, 4.69) is 27.9 Å². The molecule has 16 heavy (non-hydrogen) atoms. The van der Waals surface area contributed by atoms with Crippen LogP contribution in [0.3, 0.4) is 0 Å². The van der Waals surface area contributed by atoms with E-state index in [4.69, 9.17) is 0 Å². The van der Waals surface area contributed by atoms with Crippen molar-refractivity contribution in [2.24, 2.45) is 10.9 Å². The molecule has 0 atom stereocenters. The molecule has 0 bridgehead atoms. The summed E-state index contributed by atoms with van der Waals surface area (Å²) in [6.45, 7) is 8.22. The summed E-state index contributed by atoms with van der Waals surface area (Å²) < 4.78 is 0. The minimum absolute atomic E-state index is 0.616. The van der Waals surface area contributed by atoms with E-state index < -0.39 is 0 Å². The molecule has 1 fully saturated rings. The van der Waals surface area contributed by atoms with Crippen LogP contribution in [-0.4, -0.2) is 37.9 Å². The first-order chi connectivity index (χ1) is 7.72. The second-order valence-electron chi connectivity index (χ2n) is 4.12. The highest BCUT2D eigenvalue weighted by molar-refractivity contribution is 5.92. The first-order valence-electron chi connectivity index (χ1n) is 5.93. The van der Waals surface area contributed by atoms with E-state index in [9.17, 15) is 0 Å². The number of allylic oxidation sites excluding steroid dienone is 2. The first kappa shape index (κ1) is 12.8. The number of nitrogens with zero attached hydrogens (tertiary/aromatic N) is 2. The summed E-state index contributed by atoms with van der Waals surface area (Å²) in [5.74, 6) is 1.71. The van der Waals surface area contributed by atoms with Gasteiger partial charge in [-0.15, -0.1) is 0 Å². The van der Waals surface area contributed by atoms with Gasteiger partial charge < -0.3 is 10.2 Å². The molecule has 90 valence electrons. The summed E-state index contributed by atoms with van der Waals surface area (Å²) in [6, 6.07) is 0. The summed E-state index contributed by atoms with van der Waals surface area (Å²) in [5, 5.41) is 3.16. The predicted octanol–water partition coefficient (Wildman–Crippen LogP) is 2.04. The highest BCUT2D eigenvalue weighted by Gasteiger charge is 2.21. The lowest BCUT2D eigenvalue weighted by atomic mass is 9.94. The number of amidine groups is 1. The maximum absolute atomic E-state index is 4.31. The van der Waals surface area contributed by atoms with E-state index in [1.165, 1.54) is 5.70 Å². The molecule has 0 aromatic carbocycles. The van der Waals surface area contributed by atoms with Gasteiger partial charge in [-0.3, -0.25) is 4.99 Å². The van der Waals surface area contributed by atoms with Gasteiger partial charge in [0.05, 0.1) is 0 Å². The Morgan fingerprint density at radius 2 is 2.06 bits per heavy atom. The van der Waals surface area contributed by atoms with Gasteiger partial charge >= 0.3 is 0 Å². The lowest BCUT2D eigenvalue weighted by Crippen LogP contribution is -2.39. The van der Waals surface area contributed by atoms with Crippen LogP contribution in [0.1, 0.15) is 19.8 Å². The second kappa shape index (κ2) is 6.36. The number of hydrogen-bond acceptors (Lipinski definition) is 2. The fourth-order valence-corrected chi connectivity index (χ4v) is 2.13. The maximum atomic E-state index is 4.31. The van der Waals surface area contributed by atoms with Crippen molar-refractivity contribution < 1.29 is 0 Å². The topological polar surface area (TPSA) is 27.6 Å². The SMILES string of the molecule is C=C(NC)C1CCN(C(/C=C\C)=NC)CC1. The lowest BCUT2D eigenvalue weighted by molar-refractivity contribution is 0.286. The minimum atomic E-state index is 0.616. The molecule has 0 aromatic heterocycles. The third-order valence-corrected chi connectivity index (χ3v) is 3.18. The molecule has 1 N–H and O–H groups in total. The molecule has 0 radical (unpaired) electrons. The van der Waals surface area contributed by atoms with E-state index in [1.54, 1.807) is 0 Å². The highest BCUT2D eigenvalue weighted by atomic mass is 15.2. The van der Waals surface area contributed by atoms with Gasteiger partial charge in [0.2, 0.25) is 0 Å². The lowest BCUT2D eigenvalue weighted by Gasteiger charge is -2.34. The summed E-state index contributed by atoms with van der Waals surface area (Å²) >= 11 is 0. The summed E-state index contributed by atoms with van der Waals surface area (Å²) in [5.41, 5.74) is 1.17. The van der Waals surface area contributed by atoms with Crippen molar-refractivity contribution in [2.45, 2.75) is 19.8 Å². The van der Waals surface area contributed by atoms with Crippen molar-refractivity contribution in [3.8, 4) is 0 Å². The molecule has 1 saturated heterocycles. The van der Waals surface area contributed by atoms with Crippen LogP contribution in [0, 0.1) is 5.92 Å². The average Bonchev–Trinajstić information content (AvgIpc) is 2.35. The molecule has 0 aliphatic carbocycles. The summed E-state index contributed by atoms with van der Waals surface area (Å²) in [6.07, 6.45) is 6.45. The van der Waals surface area contributed by atoms with Crippen LogP contribution in [0.15, 0.2) is 29.4 Å². The van der Waals surface area contributed by atoms with Crippen LogP contribution in [0.5, 0.6) is 0 Å². The molecule has 1 rings (SSSR count). The predicted molar refractivity (Wildman–Crippen MR) is 70.7 cm³/mol. The molecule has 3 heteroatoms. The Morgan fingerprint density at radius 1 is 1.44 bits per heavy atom. The third-order valence-electron chi connectivity index (χ3n) is 3.18. The fourth-order valence-electron chi connectivity index (χ4n) is 2.13. The van der Waals surface area contributed by atoms with Crippen LogP contribution in [0.2, 0.25) is 0 Å². The molecule has 1 heterocycles. The first-order valence-corrected chi connectivity index (χ1v) is 5.93. The number of nitrogens with one attached hydrogen (secondary N) is 1. The van der Waals surface area contributed by atoms with Gasteiger partial charge in [0.15, 0.2) is 0 Å². The van der Waals surface area contributed by atoms with E-state index in [0.29, 0.717) is 5.92 Å². The van der Waals surface area contributed by atoms with Gasteiger partial charge in [-0.2, -0.15) is 0 Å². The molecule has 1 aliphatic heterocycles. The summed E-state index contributed by atoms with van der Waals surface area (Å²) in [7, 11) is 3.81. The number of aliphatic imine (C=N–C) groups is 1.